The van der Waals surface area contributed by atoms with Crippen molar-refractivity contribution < 1.29 is 13.2 Å². The number of hydrogen-bond acceptors (Lipinski definition) is 4. The van der Waals surface area contributed by atoms with Gasteiger partial charge in [0.25, 0.3) is 0 Å². The molecule has 6 nitrogen and oxygen atoms in total. The number of pyridine rings is 1. The second kappa shape index (κ2) is 12.4. The van der Waals surface area contributed by atoms with Crippen LogP contribution in [0.5, 0.6) is 0 Å². The Bertz CT molecular complexity index is 911. The molecule has 33 heavy (non-hydrogen) atoms. The van der Waals surface area contributed by atoms with E-state index in [4.69, 9.17) is 0 Å². The first kappa shape index (κ1) is 27.2. The van der Waals surface area contributed by atoms with Gasteiger partial charge >= 0.3 is 6.18 Å². The first-order valence-electron chi connectivity index (χ1n) is 10.7. The Morgan fingerprint density at radius 2 is 1.85 bits per heavy atom. The number of likely N-dealkylation sites (tertiary alicyclic amines) is 1. The van der Waals surface area contributed by atoms with E-state index >= 15 is 0 Å². The first-order valence-corrected chi connectivity index (χ1v) is 10.7. The van der Waals surface area contributed by atoms with E-state index in [1.54, 1.807) is 13.1 Å². The van der Waals surface area contributed by atoms with Gasteiger partial charge in [-0.1, -0.05) is 24.3 Å². The largest absolute Gasteiger partial charge is 0.416 e. The van der Waals surface area contributed by atoms with Crippen molar-refractivity contribution in [1.29, 1.82) is 0 Å². The summed E-state index contributed by atoms with van der Waals surface area (Å²) in [4.78, 5) is 13.1. The third-order valence-corrected chi connectivity index (χ3v) is 5.50. The Hall–Kier alpha value is -2.08. The second-order valence-electron chi connectivity index (χ2n) is 8.20. The molecule has 2 N–H and O–H groups in total. The second-order valence-corrected chi connectivity index (χ2v) is 8.20. The van der Waals surface area contributed by atoms with Crippen LogP contribution in [0.2, 0.25) is 0 Å². The van der Waals surface area contributed by atoms with Gasteiger partial charge in [-0.25, -0.2) is 4.98 Å². The molecule has 0 atom stereocenters. The molecule has 3 rings (SSSR count). The van der Waals surface area contributed by atoms with Crippen LogP contribution in [0, 0.1) is 0 Å². The molecule has 2 aromatic rings. The van der Waals surface area contributed by atoms with Crippen LogP contribution in [0.15, 0.2) is 47.5 Å². The van der Waals surface area contributed by atoms with Gasteiger partial charge in [-0.05, 0) is 36.6 Å². The predicted octanol–water partition coefficient (Wildman–Crippen LogP) is 4.11. The topological polar surface area (TPSA) is 55.8 Å². The van der Waals surface area contributed by atoms with Gasteiger partial charge in [-0.2, -0.15) is 13.2 Å². The number of halogens is 4. The number of alkyl halides is 3. The summed E-state index contributed by atoms with van der Waals surface area (Å²) in [6.07, 6.45) is -2.51. The number of nitrogens with one attached hydrogen (secondary N) is 2. The minimum atomic E-state index is -4.31. The van der Waals surface area contributed by atoms with Crippen LogP contribution in [-0.2, 0) is 19.3 Å². The van der Waals surface area contributed by atoms with Crippen molar-refractivity contribution in [3.8, 4) is 0 Å². The molecule has 1 aliphatic rings. The van der Waals surface area contributed by atoms with Crippen LogP contribution in [0.25, 0.3) is 0 Å². The van der Waals surface area contributed by atoms with E-state index in [1.165, 1.54) is 12.1 Å². The van der Waals surface area contributed by atoms with Crippen molar-refractivity contribution in [3.05, 3.63) is 59.3 Å². The van der Waals surface area contributed by atoms with E-state index in [0.717, 1.165) is 49.5 Å². The third-order valence-electron chi connectivity index (χ3n) is 5.50. The summed E-state index contributed by atoms with van der Waals surface area (Å²) >= 11 is 0. The monoisotopic (exact) mass is 576 g/mol. The van der Waals surface area contributed by atoms with E-state index in [0.29, 0.717) is 18.7 Å². The molecule has 182 valence electrons. The van der Waals surface area contributed by atoms with Crippen LogP contribution in [0.3, 0.4) is 0 Å². The third kappa shape index (κ3) is 8.33. The van der Waals surface area contributed by atoms with E-state index in [1.807, 2.05) is 37.2 Å². The standard InChI is InChI=1S/C23H31F3N6.HI/c1-27-22(28-15-20-8-5-9-21(29-20)31(2)3)30-19-10-12-32(13-11-19)16-17-6-4-7-18(14-17)23(24,25)26;/h4-9,14,19H,10-13,15-16H2,1-3H3,(H2,27,28,30);1H. The molecule has 0 bridgehead atoms. The zero-order valence-corrected chi connectivity index (χ0v) is 21.5. The molecule has 10 heteroatoms. The predicted molar refractivity (Wildman–Crippen MR) is 137 cm³/mol. The van der Waals surface area contributed by atoms with Crippen LogP contribution >= 0.6 is 24.0 Å². The van der Waals surface area contributed by atoms with Gasteiger partial charge in [-0.15, -0.1) is 24.0 Å². The van der Waals surface area contributed by atoms with Crippen molar-refractivity contribution in [2.24, 2.45) is 4.99 Å². The fraction of sp³-hybridized carbons (Fsp3) is 0.478. The number of nitrogens with zero attached hydrogens (tertiary/aromatic N) is 4. The number of rotatable bonds is 6. The SMILES string of the molecule is CN=C(NCc1cccc(N(C)C)n1)NC1CCN(Cc2cccc(C(F)(F)F)c2)CC1.I. The van der Waals surface area contributed by atoms with E-state index in [2.05, 4.69) is 25.5 Å². The van der Waals surface area contributed by atoms with Gasteiger partial charge < -0.3 is 15.5 Å². The number of hydrogen-bond donors (Lipinski definition) is 2. The molecule has 0 spiro atoms. The Kier molecular flexibility index (Phi) is 10.2. The first-order chi connectivity index (χ1) is 15.2. The lowest BCUT2D eigenvalue weighted by Crippen LogP contribution is -2.48. The maximum absolute atomic E-state index is 12.9. The Morgan fingerprint density at radius 1 is 1.15 bits per heavy atom. The quantitative estimate of drug-likeness (QED) is 0.308. The molecule has 2 heterocycles. The zero-order chi connectivity index (χ0) is 23.1. The summed E-state index contributed by atoms with van der Waals surface area (Å²) in [5.74, 6) is 1.62. The molecule has 1 aromatic carbocycles. The van der Waals surface area contributed by atoms with Crippen LogP contribution in [0.4, 0.5) is 19.0 Å². The van der Waals surface area contributed by atoms with Crippen molar-refractivity contribution in [3.63, 3.8) is 0 Å². The molecular formula is C23H32F3IN6. The van der Waals surface area contributed by atoms with Crippen LogP contribution < -0.4 is 15.5 Å². The molecule has 0 amide bonds. The minimum Gasteiger partial charge on any atom is -0.363 e. The molecule has 0 unspecified atom stereocenters. The number of guanidine groups is 1. The Balaban J connectivity index is 0.00000385. The van der Waals surface area contributed by atoms with Gasteiger partial charge in [0, 0.05) is 46.8 Å². The fourth-order valence-corrected chi connectivity index (χ4v) is 3.72. The molecule has 1 aliphatic heterocycles. The average Bonchev–Trinajstić information content (AvgIpc) is 2.77. The summed E-state index contributed by atoms with van der Waals surface area (Å²) in [5.41, 5.74) is 1.03. The van der Waals surface area contributed by atoms with Crippen molar-refractivity contribution in [1.82, 2.24) is 20.5 Å². The summed E-state index contributed by atoms with van der Waals surface area (Å²) in [7, 11) is 5.65. The molecular weight excluding hydrogens is 544 g/mol. The van der Waals surface area contributed by atoms with Crippen molar-refractivity contribution >= 4 is 35.8 Å². The van der Waals surface area contributed by atoms with Crippen molar-refractivity contribution in [2.45, 2.75) is 38.1 Å². The molecule has 0 radical (unpaired) electrons. The molecule has 1 aromatic heterocycles. The van der Waals surface area contributed by atoms with Crippen LogP contribution in [-0.4, -0.2) is 56.1 Å². The number of aromatic nitrogens is 1. The minimum absolute atomic E-state index is 0. The number of anilines is 1. The molecule has 1 saturated heterocycles. The van der Waals surface area contributed by atoms with E-state index in [9.17, 15) is 13.2 Å². The number of piperidine rings is 1. The Labute approximate surface area is 210 Å². The van der Waals surface area contributed by atoms with Gasteiger partial charge in [0.2, 0.25) is 0 Å². The lowest BCUT2D eigenvalue weighted by atomic mass is 10.0. The number of benzene rings is 1. The summed E-state index contributed by atoms with van der Waals surface area (Å²) < 4.78 is 38.8. The van der Waals surface area contributed by atoms with Gasteiger partial charge in [0.05, 0.1) is 17.8 Å². The van der Waals surface area contributed by atoms with Crippen LogP contribution in [0.1, 0.15) is 29.7 Å². The lowest BCUT2D eigenvalue weighted by Gasteiger charge is -2.33. The summed E-state index contributed by atoms with van der Waals surface area (Å²) in [6, 6.07) is 11.8. The van der Waals surface area contributed by atoms with E-state index < -0.39 is 11.7 Å². The maximum Gasteiger partial charge on any atom is 0.416 e. The van der Waals surface area contributed by atoms with Gasteiger partial charge in [-0.3, -0.25) is 9.89 Å². The fourth-order valence-electron chi connectivity index (χ4n) is 3.72. The highest BCUT2D eigenvalue weighted by atomic mass is 127. The number of aliphatic imine (C=N–C) groups is 1. The maximum atomic E-state index is 12.9. The smallest absolute Gasteiger partial charge is 0.363 e. The molecule has 0 aliphatic carbocycles. The average molecular weight is 576 g/mol. The normalized spacial score (nSPS) is 15.6. The summed E-state index contributed by atoms with van der Waals surface area (Å²) in [6.45, 7) is 2.72. The molecule has 1 fully saturated rings. The highest BCUT2D eigenvalue weighted by Crippen LogP contribution is 2.30. The lowest BCUT2D eigenvalue weighted by molar-refractivity contribution is -0.137. The highest BCUT2D eigenvalue weighted by molar-refractivity contribution is 14.0. The van der Waals surface area contributed by atoms with Crippen molar-refractivity contribution in [2.75, 3.05) is 39.1 Å². The van der Waals surface area contributed by atoms with E-state index in [-0.39, 0.29) is 30.0 Å². The zero-order valence-electron chi connectivity index (χ0n) is 19.2. The highest BCUT2D eigenvalue weighted by Gasteiger charge is 2.30. The van der Waals surface area contributed by atoms with Gasteiger partial charge in [0.15, 0.2) is 5.96 Å². The van der Waals surface area contributed by atoms with Gasteiger partial charge in [0.1, 0.15) is 5.82 Å². The Morgan fingerprint density at radius 3 is 2.48 bits per heavy atom. The molecule has 0 saturated carbocycles. The summed E-state index contributed by atoms with van der Waals surface area (Å²) in [5, 5.41) is 6.76.